The number of hydrogen-bond acceptors (Lipinski definition) is 6. The summed E-state index contributed by atoms with van der Waals surface area (Å²) in [5, 5.41) is 0. The maximum atomic E-state index is 13.0. The Morgan fingerprint density at radius 3 is 2.61 bits per heavy atom. The van der Waals surface area contributed by atoms with Crippen LogP contribution in [-0.2, 0) is 30.9 Å². The van der Waals surface area contributed by atoms with Crippen LogP contribution in [0.25, 0.3) is 0 Å². The second kappa shape index (κ2) is 10.0. The Hall–Kier alpha value is -3.45. The van der Waals surface area contributed by atoms with Crippen molar-refractivity contribution in [1.29, 1.82) is 0 Å². The summed E-state index contributed by atoms with van der Waals surface area (Å²) in [6.07, 6.45) is 3.91. The number of fused-ring (bicyclic) bond motifs is 1. The number of benzene rings is 1. The molecule has 0 aliphatic carbocycles. The van der Waals surface area contributed by atoms with Crippen molar-refractivity contribution in [2.24, 2.45) is 0 Å². The van der Waals surface area contributed by atoms with E-state index in [1.807, 2.05) is 12.1 Å². The highest BCUT2D eigenvalue weighted by molar-refractivity contribution is 5.93. The Labute approximate surface area is 193 Å². The topological polar surface area (TPSA) is 73.7 Å². The van der Waals surface area contributed by atoms with Crippen molar-refractivity contribution in [2.75, 3.05) is 20.2 Å². The second-order valence-corrected chi connectivity index (χ2v) is 8.41. The smallest absolute Gasteiger partial charge is 0.343 e. The molecule has 0 spiro atoms. The summed E-state index contributed by atoms with van der Waals surface area (Å²) in [7, 11) is 1.35. The van der Waals surface area contributed by atoms with Gasteiger partial charge in [0.15, 0.2) is 0 Å². The first kappa shape index (κ1) is 22.7. The highest BCUT2D eigenvalue weighted by Crippen LogP contribution is 2.25. The first-order valence-electron chi connectivity index (χ1n) is 11.1. The number of esters is 1. The van der Waals surface area contributed by atoms with E-state index in [1.165, 1.54) is 29.9 Å². The summed E-state index contributed by atoms with van der Waals surface area (Å²) < 4.78 is 12.7. The number of carbonyl (C=O) groups excluding carboxylic acids is 1. The zero-order valence-corrected chi connectivity index (χ0v) is 19.3. The normalized spacial score (nSPS) is 13.8. The summed E-state index contributed by atoms with van der Waals surface area (Å²) in [4.78, 5) is 32.1. The molecule has 4 rings (SSSR count). The highest BCUT2D eigenvalue weighted by atomic mass is 16.5. The van der Waals surface area contributed by atoms with Gasteiger partial charge < -0.3 is 14.0 Å². The van der Waals surface area contributed by atoms with E-state index < -0.39 is 5.97 Å². The zero-order chi connectivity index (χ0) is 23.4. The van der Waals surface area contributed by atoms with E-state index in [9.17, 15) is 9.59 Å². The minimum atomic E-state index is -0.494. The number of ether oxygens (including phenoxy) is 2. The minimum absolute atomic E-state index is 0.170. The maximum Gasteiger partial charge on any atom is 0.343 e. The van der Waals surface area contributed by atoms with Gasteiger partial charge in [-0.15, -0.1) is 0 Å². The molecule has 0 saturated carbocycles. The number of carbonyl (C=O) groups is 1. The van der Waals surface area contributed by atoms with Crippen LogP contribution in [-0.4, -0.2) is 40.6 Å². The molecule has 7 nitrogen and oxygen atoms in total. The van der Waals surface area contributed by atoms with E-state index in [0.29, 0.717) is 24.2 Å². The Morgan fingerprint density at radius 2 is 1.85 bits per heavy atom. The van der Waals surface area contributed by atoms with Gasteiger partial charge in [0, 0.05) is 56.8 Å². The predicted molar refractivity (Wildman–Crippen MR) is 126 cm³/mol. The molecule has 1 aliphatic heterocycles. The molecular formula is C26H29N3O4. The predicted octanol–water partition coefficient (Wildman–Crippen LogP) is 3.28. The molecule has 0 radical (unpaired) electrons. The number of rotatable bonds is 6. The van der Waals surface area contributed by atoms with Crippen LogP contribution in [0.1, 0.15) is 38.3 Å². The number of methoxy groups -OCH3 is 1. The average molecular weight is 448 g/mol. The molecule has 0 N–H and O–H groups in total. The second-order valence-electron chi connectivity index (χ2n) is 8.41. The van der Waals surface area contributed by atoms with Crippen molar-refractivity contribution in [3.8, 4) is 5.75 Å². The molecule has 1 aromatic carbocycles. The van der Waals surface area contributed by atoms with Crippen molar-refractivity contribution >= 4 is 5.97 Å². The SMILES string of the molecule is COC(=O)c1c(OCc2ccncc2)cc(=O)n2c1CCN(Cc1cc(C)ccc1C)CC2. The molecule has 0 bridgehead atoms. The van der Waals surface area contributed by atoms with Gasteiger partial charge in [0.05, 0.1) is 7.11 Å². The van der Waals surface area contributed by atoms with E-state index in [-0.39, 0.29) is 17.9 Å². The van der Waals surface area contributed by atoms with Gasteiger partial charge in [0.1, 0.15) is 17.9 Å². The van der Waals surface area contributed by atoms with Crippen molar-refractivity contribution in [3.63, 3.8) is 0 Å². The molecule has 3 heterocycles. The van der Waals surface area contributed by atoms with Crippen molar-refractivity contribution in [3.05, 3.63) is 92.7 Å². The Bertz CT molecular complexity index is 1200. The largest absolute Gasteiger partial charge is 0.488 e. The Morgan fingerprint density at radius 1 is 1.06 bits per heavy atom. The van der Waals surface area contributed by atoms with E-state index in [1.54, 1.807) is 17.0 Å². The third kappa shape index (κ3) is 5.14. The molecule has 0 amide bonds. The number of aryl methyl sites for hydroxylation is 2. The fourth-order valence-electron chi connectivity index (χ4n) is 4.24. The lowest BCUT2D eigenvalue weighted by atomic mass is 10.0. The van der Waals surface area contributed by atoms with Crippen LogP contribution in [0.2, 0.25) is 0 Å². The molecule has 2 aromatic heterocycles. The van der Waals surface area contributed by atoms with E-state index in [2.05, 4.69) is 41.9 Å². The molecule has 3 aromatic rings. The maximum absolute atomic E-state index is 13.0. The van der Waals surface area contributed by atoms with Crippen LogP contribution in [0.4, 0.5) is 0 Å². The summed E-state index contributed by atoms with van der Waals surface area (Å²) in [6.45, 7) is 7.20. The summed E-state index contributed by atoms with van der Waals surface area (Å²) in [6, 6.07) is 11.5. The van der Waals surface area contributed by atoms with Gasteiger partial charge in [-0.3, -0.25) is 14.7 Å². The monoisotopic (exact) mass is 447 g/mol. The summed E-state index contributed by atoms with van der Waals surface area (Å²) in [5.74, 6) is -0.232. The summed E-state index contributed by atoms with van der Waals surface area (Å²) in [5.41, 5.74) is 5.49. The van der Waals surface area contributed by atoms with E-state index >= 15 is 0 Å². The number of aromatic nitrogens is 2. The van der Waals surface area contributed by atoms with Crippen molar-refractivity contribution in [2.45, 2.75) is 40.0 Å². The minimum Gasteiger partial charge on any atom is -0.488 e. The van der Waals surface area contributed by atoms with Gasteiger partial charge in [-0.1, -0.05) is 23.8 Å². The van der Waals surface area contributed by atoms with Crippen LogP contribution < -0.4 is 10.3 Å². The molecule has 0 unspecified atom stereocenters. The van der Waals surface area contributed by atoms with E-state index in [0.717, 1.165) is 25.2 Å². The van der Waals surface area contributed by atoms with Crippen LogP contribution in [0, 0.1) is 13.8 Å². The van der Waals surface area contributed by atoms with Gasteiger partial charge >= 0.3 is 5.97 Å². The lowest BCUT2D eigenvalue weighted by Crippen LogP contribution is -2.29. The number of hydrogen-bond donors (Lipinski definition) is 0. The van der Waals surface area contributed by atoms with Crippen molar-refractivity contribution < 1.29 is 14.3 Å². The Kier molecular flexibility index (Phi) is 6.89. The lowest BCUT2D eigenvalue weighted by Gasteiger charge is -2.21. The van der Waals surface area contributed by atoms with Crippen LogP contribution in [0.5, 0.6) is 5.75 Å². The molecule has 172 valence electrons. The molecule has 1 aliphatic rings. The highest BCUT2D eigenvalue weighted by Gasteiger charge is 2.26. The van der Waals surface area contributed by atoms with Gasteiger partial charge in [0.25, 0.3) is 5.56 Å². The molecule has 7 heteroatoms. The number of pyridine rings is 2. The number of nitrogens with zero attached hydrogens (tertiary/aromatic N) is 3. The average Bonchev–Trinajstić information content (AvgIpc) is 3.03. The van der Waals surface area contributed by atoms with E-state index in [4.69, 9.17) is 9.47 Å². The molecule has 0 atom stereocenters. The van der Waals surface area contributed by atoms with Gasteiger partial charge in [-0.05, 0) is 42.7 Å². The third-order valence-corrected chi connectivity index (χ3v) is 6.12. The molecule has 0 fully saturated rings. The van der Waals surface area contributed by atoms with Crippen LogP contribution in [0.15, 0.2) is 53.6 Å². The molecular weight excluding hydrogens is 418 g/mol. The van der Waals surface area contributed by atoms with Gasteiger partial charge in [-0.2, -0.15) is 0 Å². The fourth-order valence-corrected chi connectivity index (χ4v) is 4.24. The standard InChI is InChI=1S/C26H29N3O4/c1-18-4-5-19(2)21(14-18)16-28-11-8-22-25(26(31)32-3)23(15-24(30)29(22)13-12-28)33-17-20-6-9-27-10-7-20/h4-7,9-10,14-15H,8,11-13,16-17H2,1-3H3. The van der Waals surface area contributed by atoms with Crippen LogP contribution in [0.3, 0.4) is 0 Å². The Balaban J connectivity index is 1.61. The first-order chi connectivity index (χ1) is 16.0. The summed E-state index contributed by atoms with van der Waals surface area (Å²) >= 11 is 0. The quantitative estimate of drug-likeness (QED) is 0.540. The van der Waals surface area contributed by atoms with Gasteiger partial charge in [-0.25, -0.2) is 4.79 Å². The first-order valence-corrected chi connectivity index (χ1v) is 11.1. The van der Waals surface area contributed by atoms with Crippen molar-refractivity contribution in [1.82, 2.24) is 14.5 Å². The molecule has 0 saturated heterocycles. The zero-order valence-electron chi connectivity index (χ0n) is 19.3. The fraction of sp³-hybridized carbons (Fsp3) is 0.346. The third-order valence-electron chi connectivity index (χ3n) is 6.12. The van der Waals surface area contributed by atoms with Crippen LogP contribution >= 0.6 is 0 Å². The van der Waals surface area contributed by atoms with Gasteiger partial charge in [0.2, 0.25) is 0 Å². The molecule has 33 heavy (non-hydrogen) atoms. The lowest BCUT2D eigenvalue weighted by molar-refractivity contribution is 0.0592.